The Bertz CT molecular complexity index is 519. The molecule has 0 radical (unpaired) electrons. The molecule has 3 nitrogen and oxygen atoms in total. The fourth-order valence-corrected chi connectivity index (χ4v) is 3.56. The van der Waals surface area contributed by atoms with Crippen molar-refractivity contribution in [3.63, 3.8) is 0 Å². The second kappa shape index (κ2) is 5.17. The maximum Gasteiger partial charge on any atom is 0.340 e. The van der Waals surface area contributed by atoms with Crippen molar-refractivity contribution < 1.29 is 13.9 Å². The van der Waals surface area contributed by atoms with Crippen molar-refractivity contribution >= 4 is 5.97 Å². The van der Waals surface area contributed by atoms with E-state index in [0.29, 0.717) is 5.56 Å². The third kappa shape index (κ3) is 2.12. The van der Waals surface area contributed by atoms with Gasteiger partial charge in [0.05, 0.1) is 5.56 Å². The van der Waals surface area contributed by atoms with Crippen molar-refractivity contribution in [2.24, 2.45) is 0 Å². The summed E-state index contributed by atoms with van der Waals surface area (Å²) < 4.78 is 18.9. The molecule has 20 heavy (non-hydrogen) atoms. The summed E-state index contributed by atoms with van der Waals surface area (Å²) >= 11 is 0. The highest BCUT2D eigenvalue weighted by atomic mass is 19.1. The SMILES string of the molecule is Cc1ccccc1C(=O)O[C@]12CCCN1[C@@H](CF)CC2. The lowest BCUT2D eigenvalue weighted by Gasteiger charge is -2.33. The van der Waals surface area contributed by atoms with E-state index >= 15 is 0 Å². The van der Waals surface area contributed by atoms with Gasteiger partial charge in [-0.15, -0.1) is 0 Å². The molecule has 0 amide bonds. The van der Waals surface area contributed by atoms with E-state index in [0.717, 1.165) is 37.8 Å². The number of rotatable bonds is 3. The van der Waals surface area contributed by atoms with Crippen LogP contribution in [0.3, 0.4) is 0 Å². The van der Waals surface area contributed by atoms with Gasteiger partial charge in [0.1, 0.15) is 6.67 Å². The van der Waals surface area contributed by atoms with Crippen LogP contribution in [0.25, 0.3) is 0 Å². The van der Waals surface area contributed by atoms with Gasteiger partial charge in [0, 0.05) is 25.4 Å². The number of carbonyl (C=O) groups excluding carboxylic acids is 1. The molecule has 0 bridgehead atoms. The molecule has 108 valence electrons. The summed E-state index contributed by atoms with van der Waals surface area (Å²) in [5.74, 6) is -0.283. The Morgan fingerprint density at radius 3 is 3.00 bits per heavy atom. The van der Waals surface area contributed by atoms with E-state index in [9.17, 15) is 9.18 Å². The van der Waals surface area contributed by atoms with E-state index in [1.807, 2.05) is 25.1 Å². The summed E-state index contributed by atoms with van der Waals surface area (Å²) in [6.45, 7) is 2.37. The molecule has 2 aliphatic heterocycles. The lowest BCUT2D eigenvalue weighted by atomic mass is 10.1. The van der Waals surface area contributed by atoms with Crippen LogP contribution in [0.4, 0.5) is 4.39 Å². The number of benzene rings is 1. The fourth-order valence-electron chi connectivity index (χ4n) is 3.56. The van der Waals surface area contributed by atoms with Crippen molar-refractivity contribution in [2.45, 2.75) is 44.4 Å². The van der Waals surface area contributed by atoms with Crippen LogP contribution in [0.5, 0.6) is 0 Å². The topological polar surface area (TPSA) is 29.5 Å². The Balaban J connectivity index is 1.80. The van der Waals surface area contributed by atoms with E-state index in [2.05, 4.69) is 4.90 Å². The first kappa shape index (κ1) is 13.6. The van der Waals surface area contributed by atoms with Crippen LogP contribution in [0.1, 0.15) is 41.6 Å². The first-order valence-corrected chi connectivity index (χ1v) is 7.28. The van der Waals surface area contributed by atoms with Crippen molar-refractivity contribution in [3.8, 4) is 0 Å². The van der Waals surface area contributed by atoms with E-state index in [1.165, 1.54) is 0 Å². The molecule has 0 spiro atoms. The number of hydrogen-bond acceptors (Lipinski definition) is 3. The monoisotopic (exact) mass is 277 g/mol. The molecule has 2 heterocycles. The second-order valence-corrected chi connectivity index (χ2v) is 5.79. The molecular weight excluding hydrogens is 257 g/mol. The second-order valence-electron chi connectivity index (χ2n) is 5.79. The quantitative estimate of drug-likeness (QED) is 0.795. The summed E-state index contributed by atoms with van der Waals surface area (Å²) in [5.41, 5.74) is 0.965. The minimum Gasteiger partial charge on any atom is -0.440 e. The van der Waals surface area contributed by atoms with Gasteiger partial charge >= 0.3 is 5.97 Å². The zero-order valence-electron chi connectivity index (χ0n) is 11.8. The van der Waals surface area contributed by atoms with Crippen LogP contribution in [-0.2, 0) is 4.74 Å². The molecule has 1 aromatic rings. The van der Waals surface area contributed by atoms with Crippen LogP contribution in [0.2, 0.25) is 0 Å². The zero-order valence-corrected chi connectivity index (χ0v) is 11.8. The average Bonchev–Trinajstić information content (AvgIpc) is 2.97. The highest BCUT2D eigenvalue weighted by Gasteiger charge is 2.52. The zero-order chi connectivity index (χ0) is 14.2. The lowest BCUT2D eigenvalue weighted by molar-refractivity contribution is -0.0860. The van der Waals surface area contributed by atoms with Crippen LogP contribution >= 0.6 is 0 Å². The van der Waals surface area contributed by atoms with E-state index in [-0.39, 0.29) is 18.7 Å². The number of halogens is 1. The standard InChI is InChI=1S/C16H20FNO2/c1-12-5-2-3-6-14(12)15(19)20-16-8-4-10-18(16)13(11-17)7-9-16/h2-3,5-6,13H,4,7-11H2,1H3/t13-,16+/m1/s1. The molecule has 0 aromatic heterocycles. The Kier molecular flexibility index (Phi) is 3.50. The van der Waals surface area contributed by atoms with Gasteiger partial charge in [0.15, 0.2) is 5.72 Å². The Hall–Kier alpha value is -1.42. The first-order chi connectivity index (χ1) is 9.66. The van der Waals surface area contributed by atoms with Gasteiger partial charge < -0.3 is 4.74 Å². The van der Waals surface area contributed by atoms with Gasteiger partial charge in [-0.25, -0.2) is 9.18 Å². The summed E-state index contributed by atoms with van der Waals surface area (Å²) in [4.78, 5) is 14.5. The van der Waals surface area contributed by atoms with Crippen molar-refractivity contribution in [1.82, 2.24) is 4.90 Å². The number of nitrogens with zero attached hydrogens (tertiary/aromatic N) is 1. The summed E-state index contributed by atoms with van der Waals surface area (Å²) in [6.07, 6.45) is 3.31. The molecule has 2 fully saturated rings. The van der Waals surface area contributed by atoms with Gasteiger partial charge in [-0.2, -0.15) is 0 Å². The summed E-state index contributed by atoms with van der Waals surface area (Å²) in [5, 5.41) is 0. The molecule has 4 heteroatoms. The van der Waals surface area contributed by atoms with E-state index in [1.54, 1.807) is 6.07 Å². The van der Waals surface area contributed by atoms with Gasteiger partial charge in [0.2, 0.25) is 0 Å². The maximum atomic E-state index is 13.0. The smallest absolute Gasteiger partial charge is 0.340 e. The van der Waals surface area contributed by atoms with Crippen molar-refractivity contribution in [3.05, 3.63) is 35.4 Å². The minimum absolute atomic E-state index is 0.0813. The minimum atomic E-state index is -0.559. The molecular formula is C16H20FNO2. The average molecular weight is 277 g/mol. The Morgan fingerprint density at radius 2 is 2.25 bits per heavy atom. The summed E-state index contributed by atoms with van der Waals surface area (Å²) in [7, 11) is 0. The Morgan fingerprint density at radius 1 is 1.45 bits per heavy atom. The third-order valence-corrected chi connectivity index (χ3v) is 4.62. The van der Waals surface area contributed by atoms with Crippen LogP contribution in [-0.4, -0.2) is 35.9 Å². The highest BCUT2D eigenvalue weighted by molar-refractivity contribution is 5.91. The normalized spacial score (nSPS) is 29.4. The first-order valence-electron chi connectivity index (χ1n) is 7.28. The Labute approximate surface area is 118 Å². The molecule has 2 aliphatic rings. The number of carbonyl (C=O) groups is 1. The van der Waals surface area contributed by atoms with Crippen LogP contribution in [0.15, 0.2) is 24.3 Å². The van der Waals surface area contributed by atoms with E-state index < -0.39 is 5.72 Å². The molecule has 3 rings (SSSR count). The molecule has 0 unspecified atom stereocenters. The third-order valence-electron chi connectivity index (χ3n) is 4.62. The van der Waals surface area contributed by atoms with Crippen molar-refractivity contribution in [2.75, 3.05) is 13.2 Å². The largest absolute Gasteiger partial charge is 0.440 e. The van der Waals surface area contributed by atoms with Crippen molar-refractivity contribution in [1.29, 1.82) is 0 Å². The maximum absolute atomic E-state index is 13.0. The lowest BCUT2D eigenvalue weighted by Crippen LogP contribution is -2.46. The number of ether oxygens (including phenoxy) is 1. The van der Waals surface area contributed by atoms with Crippen LogP contribution in [0, 0.1) is 6.92 Å². The number of fused-ring (bicyclic) bond motifs is 1. The molecule has 0 aliphatic carbocycles. The number of esters is 1. The van der Waals surface area contributed by atoms with Gasteiger partial charge in [-0.3, -0.25) is 4.90 Å². The molecule has 0 saturated carbocycles. The number of aryl methyl sites for hydroxylation is 1. The molecule has 2 saturated heterocycles. The summed E-state index contributed by atoms with van der Waals surface area (Å²) in [6, 6.07) is 7.35. The molecule has 2 atom stereocenters. The van der Waals surface area contributed by atoms with Gasteiger partial charge in [0.25, 0.3) is 0 Å². The van der Waals surface area contributed by atoms with Crippen LogP contribution < -0.4 is 0 Å². The van der Waals surface area contributed by atoms with E-state index in [4.69, 9.17) is 4.74 Å². The van der Waals surface area contributed by atoms with Gasteiger partial charge in [-0.05, 0) is 31.4 Å². The predicted molar refractivity (Wildman–Crippen MR) is 74.3 cm³/mol. The number of alkyl halides is 1. The molecule has 0 N–H and O–H groups in total. The fraction of sp³-hybridized carbons (Fsp3) is 0.562. The predicted octanol–water partition coefficient (Wildman–Crippen LogP) is 3.08. The molecule has 1 aromatic carbocycles. The number of hydrogen-bond donors (Lipinski definition) is 0. The van der Waals surface area contributed by atoms with Gasteiger partial charge in [-0.1, -0.05) is 18.2 Å². The highest BCUT2D eigenvalue weighted by Crippen LogP contribution is 2.43.